The van der Waals surface area contributed by atoms with Crippen LogP contribution >= 0.6 is 11.6 Å². The molecule has 8 nitrogen and oxygen atoms in total. The number of carbonyl (C=O) groups is 2. The van der Waals surface area contributed by atoms with Crippen LogP contribution in [0.2, 0.25) is 5.02 Å². The van der Waals surface area contributed by atoms with Gasteiger partial charge in [0.25, 0.3) is 5.91 Å². The van der Waals surface area contributed by atoms with Crippen molar-refractivity contribution in [3.05, 3.63) is 41.2 Å². The van der Waals surface area contributed by atoms with E-state index >= 15 is 0 Å². The van der Waals surface area contributed by atoms with Crippen LogP contribution in [0.3, 0.4) is 0 Å². The number of piperidine rings is 1. The highest BCUT2D eigenvalue weighted by Crippen LogP contribution is 2.18. The van der Waals surface area contributed by atoms with Crippen molar-refractivity contribution in [2.45, 2.75) is 19.4 Å². The Kier molecular flexibility index (Phi) is 5.60. The molecule has 2 aromatic rings. The minimum Gasteiger partial charge on any atom is -0.352 e. The van der Waals surface area contributed by atoms with Crippen molar-refractivity contribution in [3.8, 4) is 0 Å². The summed E-state index contributed by atoms with van der Waals surface area (Å²) in [5, 5.41) is 14.1. The van der Waals surface area contributed by atoms with Crippen molar-refractivity contribution in [2.24, 2.45) is 5.92 Å². The van der Waals surface area contributed by atoms with Crippen molar-refractivity contribution in [1.29, 1.82) is 0 Å². The summed E-state index contributed by atoms with van der Waals surface area (Å²) in [6.45, 7) is 1.98. The number of rotatable bonds is 5. The van der Waals surface area contributed by atoms with Gasteiger partial charge < -0.3 is 10.2 Å². The summed E-state index contributed by atoms with van der Waals surface area (Å²) in [6, 6.07) is 6.95. The number of hydrogen-bond donors (Lipinski definition) is 1. The van der Waals surface area contributed by atoms with Gasteiger partial charge in [-0.25, -0.2) is 4.68 Å². The van der Waals surface area contributed by atoms with E-state index in [1.165, 1.54) is 11.0 Å². The molecule has 1 N–H and O–H groups in total. The zero-order valence-corrected chi connectivity index (χ0v) is 14.4. The molecule has 0 aliphatic carbocycles. The Bertz CT molecular complexity index is 736. The molecule has 25 heavy (non-hydrogen) atoms. The summed E-state index contributed by atoms with van der Waals surface area (Å²) >= 11 is 6.04. The molecule has 0 bridgehead atoms. The zero-order chi connectivity index (χ0) is 17.6. The van der Waals surface area contributed by atoms with Crippen molar-refractivity contribution in [2.75, 3.05) is 19.6 Å². The fourth-order valence-corrected chi connectivity index (χ4v) is 3.15. The summed E-state index contributed by atoms with van der Waals surface area (Å²) < 4.78 is 1.41. The van der Waals surface area contributed by atoms with Gasteiger partial charge in [0, 0.05) is 19.6 Å². The monoisotopic (exact) mass is 362 g/mol. The molecule has 0 saturated carbocycles. The van der Waals surface area contributed by atoms with Crippen molar-refractivity contribution in [1.82, 2.24) is 30.4 Å². The van der Waals surface area contributed by atoms with Crippen LogP contribution in [0, 0.1) is 5.92 Å². The maximum absolute atomic E-state index is 12.3. The number of hydrogen-bond acceptors (Lipinski definition) is 5. The van der Waals surface area contributed by atoms with E-state index in [2.05, 4.69) is 20.8 Å². The second kappa shape index (κ2) is 8.06. The van der Waals surface area contributed by atoms with Crippen molar-refractivity contribution < 1.29 is 9.59 Å². The predicted molar refractivity (Wildman–Crippen MR) is 90.9 cm³/mol. The maximum Gasteiger partial charge on any atom is 0.252 e. The van der Waals surface area contributed by atoms with E-state index in [-0.39, 0.29) is 24.3 Å². The second-order valence-corrected chi connectivity index (χ2v) is 6.45. The number of likely N-dealkylation sites (tertiary alicyclic amines) is 1. The van der Waals surface area contributed by atoms with Gasteiger partial charge in [-0.2, -0.15) is 0 Å². The Labute approximate surface area is 150 Å². The van der Waals surface area contributed by atoms with Crippen LogP contribution in [0.1, 0.15) is 23.2 Å². The smallest absolute Gasteiger partial charge is 0.252 e. The van der Waals surface area contributed by atoms with Gasteiger partial charge in [0.1, 0.15) is 12.9 Å². The van der Waals surface area contributed by atoms with Crippen LogP contribution < -0.4 is 5.32 Å². The molecule has 1 saturated heterocycles. The summed E-state index contributed by atoms with van der Waals surface area (Å²) in [5.41, 5.74) is 0.464. The number of carbonyl (C=O) groups excluding carboxylic acids is 2. The third-order valence-electron chi connectivity index (χ3n) is 4.23. The lowest BCUT2D eigenvalue weighted by molar-refractivity contribution is -0.133. The third kappa shape index (κ3) is 4.54. The van der Waals surface area contributed by atoms with Gasteiger partial charge in [-0.15, -0.1) is 5.10 Å². The minimum absolute atomic E-state index is 0.0190. The van der Waals surface area contributed by atoms with Gasteiger partial charge in [0.15, 0.2) is 0 Å². The van der Waals surface area contributed by atoms with E-state index < -0.39 is 0 Å². The van der Waals surface area contributed by atoms with Gasteiger partial charge in [-0.1, -0.05) is 23.7 Å². The number of nitrogens with one attached hydrogen (secondary N) is 1. The normalized spacial score (nSPS) is 17.3. The highest BCUT2D eigenvalue weighted by molar-refractivity contribution is 6.33. The van der Waals surface area contributed by atoms with E-state index in [0.717, 1.165) is 19.4 Å². The lowest BCUT2D eigenvalue weighted by Gasteiger charge is -2.32. The number of amides is 2. The Morgan fingerprint density at radius 3 is 2.92 bits per heavy atom. The Morgan fingerprint density at radius 2 is 2.16 bits per heavy atom. The molecule has 0 spiro atoms. The number of tetrazole rings is 1. The molecule has 0 radical (unpaired) electrons. The highest BCUT2D eigenvalue weighted by Gasteiger charge is 2.24. The van der Waals surface area contributed by atoms with E-state index in [9.17, 15) is 9.59 Å². The predicted octanol–water partition coefficient (Wildman–Crippen LogP) is 0.995. The second-order valence-electron chi connectivity index (χ2n) is 6.05. The largest absolute Gasteiger partial charge is 0.352 e. The standard InChI is InChI=1S/C16H19ClN6O2/c17-14-6-2-1-5-13(14)16(25)18-8-12-4-3-7-22(9-12)15(24)10-23-11-19-20-21-23/h1-2,5-6,11-12H,3-4,7-10H2,(H,18,25). The summed E-state index contributed by atoms with van der Waals surface area (Å²) in [4.78, 5) is 26.4. The van der Waals surface area contributed by atoms with Crippen LogP contribution in [0.15, 0.2) is 30.6 Å². The molecule has 1 aromatic heterocycles. The average molecular weight is 363 g/mol. The van der Waals surface area contributed by atoms with Gasteiger partial charge in [0.05, 0.1) is 10.6 Å². The van der Waals surface area contributed by atoms with E-state index in [1.54, 1.807) is 29.2 Å². The molecule has 1 aromatic carbocycles. The topological polar surface area (TPSA) is 93.0 Å². The van der Waals surface area contributed by atoms with Crippen LogP contribution in [-0.4, -0.2) is 56.6 Å². The van der Waals surface area contributed by atoms with E-state index in [4.69, 9.17) is 11.6 Å². The van der Waals surface area contributed by atoms with Gasteiger partial charge >= 0.3 is 0 Å². The molecule has 1 aliphatic heterocycles. The molecule has 2 amide bonds. The summed E-state index contributed by atoms with van der Waals surface area (Å²) in [5.74, 6) is 0.00943. The van der Waals surface area contributed by atoms with Gasteiger partial charge in [-0.05, 0) is 41.3 Å². The molecular weight excluding hydrogens is 344 g/mol. The molecule has 1 unspecified atom stereocenters. The molecule has 1 aliphatic rings. The SMILES string of the molecule is O=C(NCC1CCCN(C(=O)Cn2cnnn2)C1)c1ccccc1Cl. The summed E-state index contributed by atoms with van der Waals surface area (Å²) in [6.07, 6.45) is 3.30. The molecular formula is C16H19ClN6O2. The summed E-state index contributed by atoms with van der Waals surface area (Å²) in [7, 11) is 0. The van der Waals surface area contributed by atoms with Crippen LogP contribution in [0.5, 0.6) is 0 Å². The molecule has 132 valence electrons. The highest BCUT2D eigenvalue weighted by atomic mass is 35.5. The van der Waals surface area contributed by atoms with Crippen LogP contribution in [-0.2, 0) is 11.3 Å². The quantitative estimate of drug-likeness (QED) is 0.856. The lowest BCUT2D eigenvalue weighted by atomic mass is 9.97. The zero-order valence-electron chi connectivity index (χ0n) is 13.6. The minimum atomic E-state index is -0.192. The first kappa shape index (κ1) is 17.3. The van der Waals surface area contributed by atoms with Crippen molar-refractivity contribution >= 4 is 23.4 Å². The third-order valence-corrected chi connectivity index (χ3v) is 4.56. The van der Waals surface area contributed by atoms with Crippen molar-refractivity contribution in [3.63, 3.8) is 0 Å². The number of aromatic nitrogens is 4. The van der Waals surface area contributed by atoms with Gasteiger partial charge in [-0.3, -0.25) is 9.59 Å². The van der Waals surface area contributed by atoms with Crippen LogP contribution in [0.25, 0.3) is 0 Å². The van der Waals surface area contributed by atoms with E-state index in [1.807, 2.05) is 0 Å². The first-order chi connectivity index (χ1) is 12.1. The molecule has 2 heterocycles. The number of halogens is 1. The molecule has 1 fully saturated rings. The number of nitrogens with zero attached hydrogens (tertiary/aromatic N) is 5. The first-order valence-corrected chi connectivity index (χ1v) is 8.52. The van der Waals surface area contributed by atoms with E-state index in [0.29, 0.717) is 23.7 Å². The Balaban J connectivity index is 1.51. The molecule has 9 heteroatoms. The Morgan fingerprint density at radius 1 is 1.32 bits per heavy atom. The fraction of sp³-hybridized carbons (Fsp3) is 0.438. The number of benzene rings is 1. The molecule has 3 rings (SSSR count). The van der Waals surface area contributed by atoms with Crippen LogP contribution in [0.4, 0.5) is 0 Å². The lowest BCUT2D eigenvalue weighted by Crippen LogP contribution is -2.44. The van der Waals surface area contributed by atoms with Gasteiger partial charge in [0.2, 0.25) is 5.91 Å². The average Bonchev–Trinajstić information content (AvgIpc) is 3.13. The fourth-order valence-electron chi connectivity index (χ4n) is 2.93. The molecule has 1 atom stereocenters. The maximum atomic E-state index is 12.3. The first-order valence-electron chi connectivity index (χ1n) is 8.15. The Hall–Kier alpha value is -2.48.